The van der Waals surface area contributed by atoms with E-state index < -0.39 is 0 Å². The molecule has 0 N–H and O–H groups in total. The van der Waals surface area contributed by atoms with E-state index in [9.17, 15) is 0 Å². The third-order valence-corrected chi connectivity index (χ3v) is 5.26. The van der Waals surface area contributed by atoms with Crippen LogP contribution in [0.2, 0.25) is 0 Å². The molecule has 1 aromatic heterocycles. The Morgan fingerprint density at radius 1 is 1.04 bits per heavy atom. The Hall–Kier alpha value is -1.52. The average molecular weight is 388 g/mol. The summed E-state index contributed by atoms with van der Waals surface area (Å²) in [4.78, 5) is 0. The van der Waals surface area contributed by atoms with E-state index in [0.717, 1.165) is 39.4 Å². The molecular formula is C19H18BrNOS. The largest absolute Gasteiger partial charge is 0.356 e. The highest BCUT2D eigenvalue weighted by Crippen LogP contribution is 2.28. The van der Waals surface area contributed by atoms with Crippen molar-refractivity contribution in [3.63, 3.8) is 0 Å². The summed E-state index contributed by atoms with van der Waals surface area (Å²) in [6, 6.07) is 18.8. The van der Waals surface area contributed by atoms with Gasteiger partial charge in [0.1, 0.15) is 0 Å². The fraction of sp³-hybridized carbons (Fsp3) is 0.211. The first-order valence-electron chi connectivity index (χ1n) is 7.57. The quantitative estimate of drug-likeness (QED) is 0.493. The summed E-state index contributed by atoms with van der Waals surface area (Å²) in [5, 5.41) is 4.16. The van der Waals surface area contributed by atoms with Crippen LogP contribution in [0.25, 0.3) is 11.3 Å². The fourth-order valence-corrected chi connectivity index (χ4v) is 3.64. The summed E-state index contributed by atoms with van der Waals surface area (Å²) < 4.78 is 6.63. The molecule has 2 nitrogen and oxygen atoms in total. The number of thioether (sulfide) groups is 1. The van der Waals surface area contributed by atoms with Crippen molar-refractivity contribution < 1.29 is 4.52 Å². The Balaban J connectivity index is 1.64. The van der Waals surface area contributed by atoms with Gasteiger partial charge in [0.05, 0.1) is 5.69 Å². The predicted molar refractivity (Wildman–Crippen MR) is 101 cm³/mol. The Morgan fingerprint density at radius 2 is 1.78 bits per heavy atom. The van der Waals surface area contributed by atoms with E-state index in [-0.39, 0.29) is 0 Å². The first-order valence-corrected chi connectivity index (χ1v) is 9.51. The number of aryl methyl sites for hydroxylation is 1. The second kappa shape index (κ2) is 7.84. The minimum Gasteiger partial charge on any atom is -0.356 e. The number of rotatable bonds is 6. The van der Waals surface area contributed by atoms with Gasteiger partial charge in [0.2, 0.25) is 0 Å². The molecule has 3 aromatic rings. The third kappa shape index (κ3) is 4.27. The molecule has 0 saturated heterocycles. The van der Waals surface area contributed by atoms with Crippen molar-refractivity contribution in [2.45, 2.75) is 19.1 Å². The first-order chi connectivity index (χ1) is 11.2. The molecule has 0 bridgehead atoms. The Morgan fingerprint density at radius 3 is 2.52 bits per heavy atom. The second-order valence-corrected chi connectivity index (χ2v) is 7.39. The van der Waals surface area contributed by atoms with Crippen LogP contribution in [0.4, 0.5) is 0 Å². The maximum absolute atomic E-state index is 5.56. The lowest BCUT2D eigenvalue weighted by Gasteiger charge is -2.04. The summed E-state index contributed by atoms with van der Waals surface area (Å²) in [6.45, 7) is 2.02. The zero-order chi connectivity index (χ0) is 16.1. The second-order valence-electron chi connectivity index (χ2n) is 5.37. The lowest BCUT2D eigenvalue weighted by atomic mass is 10.1. The number of aromatic nitrogens is 1. The standard InChI is InChI=1S/C19H18BrNOS/c1-14-18(11-12-23-13-15-5-3-2-4-6-15)19(22-21-14)16-7-9-17(20)10-8-16/h2-10H,11-13H2,1H3. The molecule has 0 saturated carbocycles. The van der Waals surface area contributed by atoms with E-state index in [1.165, 1.54) is 11.1 Å². The fourth-order valence-electron chi connectivity index (χ4n) is 2.45. The highest BCUT2D eigenvalue weighted by molar-refractivity contribution is 9.10. The van der Waals surface area contributed by atoms with Crippen LogP contribution in [-0.4, -0.2) is 10.9 Å². The molecule has 0 spiro atoms. The molecule has 4 heteroatoms. The molecule has 0 unspecified atom stereocenters. The van der Waals surface area contributed by atoms with Crippen LogP contribution in [0.5, 0.6) is 0 Å². The lowest BCUT2D eigenvalue weighted by molar-refractivity contribution is 0.426. The molecule has 23 heavy (non-hydrogen) atoms. The summed E-state index contributed by atoms with van der Waals surface area (Å²) in [6.07, 6.45) is 0.970. The summed E-state index contributed by atoms with van der Waals surface area (Å²) in [7, 11) is 0. The van der Waals surface area contributed by atoms with Crippen molar-refractivity contribution in [2.24, 2.45) is 0 Å². The zero-order valence-corrected chi connectivity index (χ0v) is 15.4. The van der Waals surface area contributed by atoms with Crippen molar-refractivity contribution in [1.29, 1.82) is 0 Å². The van der Waals surface area contributed by atoms with Crippen molar-refractivity contribution in [2.75, 3.05) is 5.75 Å². The minimum atomic E-state index is 0.898. The highest BCUT2D eigenvalue weighted by Gasteiger charge is 2.14. The zero-order valence-electron chi connectivity index (χ0n) is 13.0. The van der Waals surface area contributed by atoms with E-state index >= 15 is 0 Å². The molecule has 0 fully saturated rings. The van der Waals surface area contributed by atoms with Gasteiger partial charge < -0.3 is 4.52 Å². The Bertz CT molecular complexity index is 753. The van der Waals surface area contributed by atoms with Gasteiger partial charge in [-0.2, -0.15) is 11.8 Å². The predicted octanol–water partition coefficient (Wildman–Crippen LogP) is 5.89. The smallest absolute Gasteiger partial charge is 0.170 e. The van der Waals surface area contributed by atoms with Gasteiger partial charge in [0.15, 0.2) is 5.76 Å². The molecule has 0 atom stereocenters. The lowest BCUT2D eigenvalue weighted by Crippen LogP contribution is -1.93. The van der Waals surface area contributed by atoms with Crippen molar-refractivity contribution in [3.05, 3.63) is 75.9 Å². The van der Waals surface area contributed by atoms with Crippen molar-refractivity contribution in [3.8, 4) is 11.3 Å². The maximum atomic E-state index is 5.56. The number of hydrogen-bond donors (Lipinski definition) is 0. The van der Waals surface area contributed by atoms with E-state index in [2.05, 4.69) is 63.6 Å². The molecule has 0 amide bonds. The molecule has 0 aliphatic carbocycles. The van der Waals surface area contributed by atoms with Gasteiger partial charge in [-0.15, -0.1) is 0 Å². The molecule has 118 valence electrons. The van der Waals surface area contributed by atoms with Gasteiger partial charge in [-0.05, 0) is 36.8 Å². The molecular weight excluding hydrogens is 370 g/mol. The molecule has 2 aromatic carbocycles. The highest BCUT2D eigenvalue weighted by atomic mass is 79.9. The van der Waals surface area contributed by atoms with Gasteiger partial charge in [-0.1, -0.05) is 63.6 Å². The number of hydrogen-bond acceptors (Lipinski definition) is 3. The average Bonchev–Trinajstić information content (AvgIpc) is 2.94. The van der Waals surface area contributed by atoms with Gasteiger partial charge in [-0.3, -0.25) is 0 Å². The van der Waals surface area contributed by atoms with Gasteiger partial charge in [0.25, 0.3) is 0 Å². The van der Waals surface area contributed by atoms with Crippen LogP contribution in [0.1, 0.15) is 16.8 Å². The first kappa shape index (κ1) is 16.3. The van der Waals surface area contributed by atoms with Crippen LogP contribution in [0.3, 0.4) is 0 Å². The summed E-state index contributed by atoms with van der Waals surface area (Å²) >= 11 is 5.41. The molecule has 3 rings (SSSR count). The SMILES string of the molecule is Cc1noc(-c2ccc(Br)cc2)c1CCSCc1ccccc1. The minimum absolute atomic E-state index is 0.898. The van der Waals surface area contributed by atoms with Gasteiger partial charge >= 0.3 is 0 Å². The normalized spacial score (nSPS) is 10.9. The summed E-state index contributed by atoms with van der Waals surface area (Å²) in [5.74, 6) is 2.99. The van der Waals surface area contributed by atoms with Gasteiger partial charge in [-0.25, -0.2) is 0 Å². The number of benzene rings is 2. The maximum Gasteiger partial charge on any atom is 0.170 e. The number of halogens is 1. The van der Waals surface area contributed by atoms with E-state index in [4.69, 9.17) is 4.52 Å². The van der Waals surface area contributed by atoms with E-state index in [1.807, 2.05) is 30.8 Å². The Kier molecular flexibility index (Phi) is 5.57. The molecule has 0 aliphatic rings. The van der Waals surface area contributed by atoms with Crippen LogP contribution < -0.4 is 0 Å². The Labute approximate surface area is 149 Å². The molecule has 0 radical (unpaired) electrons. The monoisotopic (exact) mass is 387 g/mol. The summed E-state index contributed by atoms with van der Waals surface area (Å²) in [5.41, 5.74) is 4.65. The molecule has 0 aliphatic heterocycles. The number of nitrogens with zero attached hydrogens (tertiary/aromatic N) is 1. The van der Waals surface area contributed by atoms with Crippen LogP contribution in [0.15, 0.2) is 63.6 Å². The van der Waals surface area contributed by atoms with Crippen LogP contribution in [-0.2, 0) is 12.2 Å². The van der Waals surface area contributed by atoms with Crippen molar-refractivity contribution >= 4 is 27.7 Å². The van der Waals surface area contributed by atoms with E-state index in [1.54, 1.807) is 0 Å². The van der Waals surface area contributed by atoms with Gasteiger partial charge in [0, 0.05) is 21.4 Å². The van der Waals surface area contributed by atoms with Crippen molar-refractivity contribution in [1.82, 2.24) is 5.16 Å². The van der Waals surface area contributed by atoms with Crippen LogP contribution >= 0.6 is 27.7 Å². The third-order valence-electron chi connectivity index (χ3n) is 3.70. The topological polar surface area (TPSA) is 26.0 Å². The van der Waals surface area contributed by atoms with Crippen LogP contribution in [0, 0.1) is 6.92 Å². The molecule has 1 heterocycles. The van der Waals surface area contributed by atoms with E-state index in [0.29, 0.717) is 0 Å².